The van der Waals surface area contributed by atoms with E-state index in [1.165, 1.54) is 71.2 Å². The smallest absolute Gasteiger partial charge is 0.0560 e. The fraction of sp³-hybridized carbons (Fsp3) is 0.0500. The summed E-state index contributed by atoms with van der Waals surface area (Å²) in [7, 11) is 0. The summed E-state index contributed by atoms with van der Waals surface area (Å²) in [5, 5.41) is 7.70. The van der Waals surface area contributed by atoms with Crippen molar-refractivity contribution in [2.45, 2.75) is 12.5 Å². The Balaban J connectivity index is 1.32. The molecule has 0 radical (unpaired) electrons. The van der Waals surface area contributed by atoms with E-state index in [2.05, 4.69) is 161 Å². The van der Waals surface area contributed by atoms with E-state index in [1.807, 2.05) is 0 Å². The van der Waals surface area contributed by atoms with Crippen LogP contribution in [0.4, 0.5) is 0 Å². The van der Waals surface area contributed by atoms with Gasteiger partial charge in [-0.1, -0.05) is 115 Å². The number of allylic oxidation sites excluding steroid dienone is 4. The first-order chi connectivity index (χ1) is 20.9. The van der Waals surface area contributed by atoms with Gasteiger partial charge in [0.25, 0.3) is 0 Å². The van der Waals surface area contributed by atoms with Crippen molar-refractivity contribution in [2.24, 2.45) is 0 Å². The molecule has 198 valence electrons. The van der Waals surface area contributed by atoms with E-state index in [9.17, 15) is 0 Å². The number of aromatic nitrogens is 2. The maximum absolute atomic E-state index is 2.53. The Hall–Kier alpha value is -5.34. The van der Waals surface area contributed by atoms with E-state index < -0.39 is 0 Å². The van der Waals surface area contributed by atoms with Crippen molar-refractivity contribution >= 4 is 54.4 Å². The number of nitrogens with zero attached hydrogens (tertiary/aromatic N) is 2. The summed E-state index contributed by atoms with van der Waals surface area (Å²) in [6.45, 7) is 0. The Morgan fingerprint density at radius 3 is 2.12 bits per heavy atom. The number of hydrogen-bond donors (Lipinski definition) is 0. The van der Waals surface area contributed by atoms with Crippen LogP contribution in [0.15, 0.2) is 152 Å². The van der Waals surface area contributed by atoms with Crippen molar-refractivity contribution in [2.75, 3.05) is 0 Å². The lowest BCUT2D eigenvalue weighted by Gasteiger charge is -2.18. The molecule has 2 heterocycles. The van der Waals surface area contributed by atoms with E-state index in [1.54, 1.807) is 0 Å². The highest BCUT2D eigenvalue weighted by molar-refractivity contribution is 6.17. The average molecular weight is 537 g/mol. The maximum atomic E-state index is 2.53. The lowest BCUT2D eigenvalue weighted by molar-refractivity contribution is 0.648. The Bertz CT molecular complexity index is 2390. The van der Waals surface area contributed by atoms with Gasteiger partial charge in [-0.3, -0.25) is 0 Å². The summed E-state index contributed by atoms with van der Waals surface area (Å²) in [6.07, 6.45) is 9.94. The summed E-state index contributed by atoms with van der Waals surface area (Å²) >= 11 is 0. The molecule has 2 nitrogen and oxygen atoms in total. The Morgan fingerprint density at radius 2 is 1.24 bits per heavy atom. The van der Waals surface area contributed by atoms with Crippen LogP contribution in [0.5, 0.6) is 0 Å². The summed E-state index contributed by atoms with van der Waals surface area (Å²) in [4.78, 5) is 0. The van der Waals surface area contributed by atoms with Gasteiger partial charge in [-0.15, -0.1) is 0 Å². The molecule has 1 aliphatic rings. The van der Waals surface area contributed by atoms with Gasteiger partial charge in [0.15, 0.2) is 0 Å². The van der Waals surface area contributed by atoms with Gasteiger partial charge >= 0.3 is 0 Å². The van der Waals surface area contributed by atoms with Gasteiger partial charge in [-0.05, 0) is 59.3 Å². The molecule has 0 bridgehead atoms. The van der Waals surface area contributed by atoms with Crippen molar-refractivity contribution in [3.8, 4) is 16.8 Å². The largest absolute Gasteiger partial charge is 0.333 e. The SMILES string of the molecule is C1=CCC(n2c3ccccc3c3c(-c4ccc5c(c4)c4ccccc4n5-c4cccc5ccccc45)cccc32)C=C1. The fourth-order valence-electron chi connectivity index (χ4n) is 7.21. The van der Waals surface area contributed by atoms with Crippen LogP contribution in [0.1, 0.15) is 12.5 Å². The second-order valence-corrected chi connectivity index (χ2v) is 11.3. The Morgan fingerprint density at radius 1 is 0.524 bits per heavy atom. The predicted octanol–water partition coefficient (Wildman–Crippen LogP) is 10.8. The van der Waals surface area contributed by atoms with Crippen LogP contribution < -0.4 is 0 Å². The highest BCUT2D eigenvalue weighted by Crippen LogP contribution is 2.42. The predicted molar refractivity (Wildman–Crippen MR) is 179 cm³/mol. The van der Waals surface area contributed by atoms with Gasteiger partial charge in [0.1, 0.15) is 0 Å². The van der Waals surface area contributed by atoms with Crippen molar-refractivity contribution in [1.29, 1.82) is 0 Å². The molecule has 0 fully saturated rings. The van der Waals surface area contributed by atoms with Crippen LogP contribution in [-0.4, -0.2) is 9.13 Å². The van der Waals surface area contributed by atoms with Crippen LogP contribution in [0, 0.1) is 0 Å². The lowest BCUT2D eigenvalue weighted by Crippen LogP contribution is -2.06. The zero-order valence-electron chi connectivity index (χ0n) is 23.1. The van der Waals surface area contributed by atoms with E-state index in [-0.39, 0.29) is 0 Å². The molecule has 0 amide bonds. The molecule has 0 N–H and O–H groups in total. The van der Waals surface area contributed by atoms with E-state index in [0.29, 0.717) is 6.04 Å². The third-order valence-corrected chi connectivity index (χ3v) is 9.02. The van der Waals surface area contributed by atoms with Crippen LogP contribution in [0.3, 0.4) is 0 Å². The minimum Gasteiger partial charge on any atom is -0.333 e. The quantitative estimate of drug-likeness (QED) is 0.213. The third-order valence-electron chi connectivity index (χ3n) is 9.02. The van der Waals surface area contributed by atoms with Crippen molar-refractivity contribution in [1.82, 2.24) is 9.13 Å². The van der Waals surface area contributed by atoms with Gasteiger partial charge in [-0.2, -0.15) is 0 Å². The molecule has 0 saturated heterocycles. The standard InChI is InChI=1S/C40H28N2/c1-2-14-29(15-3-1)41-37-21-9-7-18-33(37)40-31(19-11-23-39(40)41)28-24-25-38-34(26-28)32-17-6-8-20-36(32)42(38)35-22-10-13-27-12-4-5-16-30(27)35/h1-14,16-26,29H,15H2. The van der Waals surface area contributed by atoms with E-state index in [4.69, 9.17) is 0 Å². The fourth-order valence-corrected chi connectivity index (χ4v) is 7.21. The number of rotatable bonds is 3. The molecule has 1 aliphatic carbocycles. The molecule has 2 heteroatoms. The molecule has 1 unspecified atom stereocenters. The van der Waals surface area contributed by atoms with Gasteiger partial charge < -0.3 is 9.13 Å². The molecule has 2 aromatic heterocycles. The minimum atomic E-state index is 0.314. The summed E-state index contributed by atoms with van der Waals surface area (Å²) in [5.41, 5.74) is 8.78. The van der Waals surface area contributed by atoms with Gasteiger partial charge in [0.2, 0.25) is 0 Å². The highest BCUT2D eigenvalue weighted by Gasteiger charge is 2.20. The van der Waals surface area contributed by atoms with Crippen LogP contribution in [-0.2, 0) is 0 Å². The molecule has 9 rings (SSSR count). The zero-order chi connectivity index (χ0) is 27.6. The van der Waals surface area contributed by atoms with Crippen molar-refractivity contribution < 1.29 is 0 Å². The first kappa shape index (κ1) is 23.4. The molecule has 6 aromatic carbocycles. The number of hydrogen-bond acceptors (Lipinski definition) is 0. The Kier molecular flexibility index (Phi) is 5.06. The Labute approximate surface area is 244 Å². The molecule has 42 heavy (non-hydrogen) atoms. The lowest BCUT2D eigenvalue weighted by atomic mass is 9.98. The average Bonchev–Trinajstić information content (AvgIpc) is 3.57. The number of para-hydroxylation sites is 2. The molecule has 0 spiro atoms. The summed E-state index contributed by atoms with van der Waals surface area (Å²) in [6, 6.07) is 47.1. The highest BCUT2D eigenvalue weighted by atomic mass is 15.0. The second kappa shape index (κ2) is 9.09. The summed E-state index contributed by atoms with van der Waals surface area (Å²) in [5.74, 6) is 0. The van der Waals surface area contributed by atoms with Crippen molar-refractivity contribution in [3.63, 3.8) is 0 Å². The zero-order valence-corrected chi connectivity index (χ0v) is 23.1. The van der Waals surface area contributed by atoms with Gasteiger partial charge in [-0.25, -0.2) is 0 Å². The molecular weight excluding hydrogens is 508 g/mol. The molecule has 0 saturated carbocycles. The molecule has 8 aromatic rings. The summed E-state index contributed by atoms with van der Waals surface area (Å²) < 4.78 is 4.96. The second-order valence-electron chi connectivity index (χ2n) is 11.3. The molecule has 1 atom stereocenters. The van der Waals surface area contributed by atoms with Gasteiger partial charge in [0, 0.05) is 32.4 Å². The van der Waals surface area contributed by atoms with Crippen molar-refractivity contribution in [3.05, 3.63) is 152 Å². The minimum absolute atomic E-state index is 0.314. The normalized spacial score (nSPS) is 15.1. The van der Waals surface area contributed by atoms with Gasteiger partial charge in [0.05, 0.1) is 28.3 Å². The third kappa shape index (κ3) is 3.33. The first-order valence-electron chi connectivity index (χ1n) is 14.7. The number of fused-ring (bicyclic) bond motifs is 7. The monoisotopic (exact) mass is 536 g/mol. The molecule has 0 aliphatic heterocycles. The van der Waals surface area contributed by atoms with Crippen LogP contribution >= 0.6 is 0 Å². The number of benzene rings is 6. The topological polar surface area (TPSA) is 9.86 Å². The maximum Gasteiger partial charge on any atom is 0.0560 e. The molecular formula is C40H28N2. The van der Waals surface area contributed by atoms with Crippen LogP contribution in [0.25, 0.3) is 71.2 Å². The van der Waals surface area contributed by atoms with Crippen LogP contribution in [0.2, 0.25) is 0 Å². The van der Waals surface area contributed by atoms with E-state index >= 15 is 0 Å². The first-order valence-corrected chi connectivity index (χ1v) is 14.7. The van der Waals surface area contributed by atoms with E-state index in [0.717, 1.165) is 6.42 Å².